The van der Waals surface area contributed by atoms with Crippen LogP contribution in [0.3, 0.4) is 0 Å². The van der Waals surface area contributed by atoms with Crippen molar-refractivity contribution in [2.45, 2.75) is 76.8 Å². The van der Waals surface area contributed by atoms with Gasteiger partial charge in [-0.3, -0.25) is 0 Å². The second-order valence-electron chi connectivity index (χ2n) is 13.7. The van der Waals surface area contributed by atoms with Crippen LogP contribution in [0.1, 0.15) is 80.4 Å². The van der Waals surface area contributed by atoms with Gasteiger partial charge in [0, 0.05) is 45.7 Å². The molecular weight excluding hydrogens is 643 g/mol. The molecular formula is C46H47N3O3. The summed E-state index contributed by atoms with van der Waals surface area (Å²) in [7, 11) is 0. The predicted octanol–water partition coefficient (Wildman–Crippen LogP) is 11.2. The molecule has 0 bridgehead atoms. The van der Waals surface area contributed by atoms with Gasteiger partial charge in [-0.05, 0) is 98.0 Å². The van der Waals surface area contributed by atoms with Gasteiger partial charge in [-0.25, -0.2) is 4.79 Å². The lowest BCUT2D eigenvalue weighted by molar-refractivity contribution is 0.179. The first-order valence-electron chi connectivity index (χ1n) is 18.4. The third-order valence-electron chi connectivity index (χ3n) is 9.96. The Labute approximate surface area is 307 Å². The fraction of sp³-hybridized carbons (Fsp3) is 0.283. The van der Waals surface area contributed by atoms with E-state index in [1.165, 1.54) is 37.5 Å². The minimum atomic E-state index is -0.101. The summed E-state index contributed by atoms with van der Waals surface area (Å²) >= 11 is 0. The summed E-state index contributed by atoms with van der Waals surface area (Å²) in [4.78, 5) is 14.9. The van der Waals surface area contributed by atoms with Crippen LogP contribution in [0.15, 0.2) is 118 Å². The number of nitrogens with zero attached hydrogens (tertiary/aromatic N) is 1. The standard InChI is InChI=1S/C23H22N2O2.C15H18O.C8H7N/c1-2-17-11-13-19(14-12-17)24-23(26)25(20-8-4-5-9-20)16-21-15-18-7-3-6-10-22(18)27-21;1-2-6-12(5-1)9-10-14-11-13-7-3-4-8-15(13)16-14;1-2-7-3-5-8(9)6-4-7/h1,3,6-7,10-15,20H,4-5,8-9,16H2,(H,24,26);3-4,7-8,11-12H,1-2,5-6,9-10H2;1,3-6H,9H2. The maximum absolute atomic E-state index is 13.0. The number of carbonyl (C=O) groups excluding carboxylic acids is 1. The molecule has 0 spiro atoms. The number of carbonyl (C=O) groups is 1. The number of hydrogen-bond acceptors (Lipinski definition) is 4. The molecule has 4 aromatic carbocycles. The Hall–Kier alpha value is -5.85. The van der Waals surface area contributed by atoms with Crippen molar-refractivity contribution in [3.63, 3.8) is 0 Å². The molecule has 6 nitrogen and oxygen atoms in total. The Balaban J connectivity index is 0.000000155. The van der Waals surface area contributed by atoms with Gasteiger partial charge in [0.1, 0.15) is 22.7 Å². The van der Waals surface area contributed by atoms with E-state index in [0.717, 1.165) is 88.6 Å². The number of benzene rings is 4. The Kier molecular flexibility index (Phi) is 12.4. The van der Waals surface area contributed by atoms with E-state index in [4.69, 9.17) is 27.4 Å². The molecule has 0 saturated heterocycles. The van der Waals surface area contributed by atoms with Crippen molar-refractivity contribution in [3.05, 3.63) is 132 Å². The van der Waals surface area contributed by atoms with E-state index in [1.807, 2.05) is 77.7 Å². The number of amides is 2. The number of urea groups is 1. The van der Waals surface area contributed by atoms with Gasteiger partial charge in [-0.2, -0.15) is 0 Å². The van der Waals surface area contributed by atoms with Crippen LogP contribution >= 0.6 is 0 Å². The summed E-state index contributed by atoms with van der Waals surface area (Å²) in [5, 5.41) is 5.30. The first-order valence-corrected chi connectivity index (χ1v) is 18.4. The molecule has 264 valence electrons. The summed E-state index contributed by atoms with van der Waals surface area (Å²) in [6, 6.07) is 35.1. The minimum Gasteiger partial charge on any atom is -0.461 e. The minimum absolute atomic E-state index is 0.101. The number of anilines is 2. The lowest BCUT2D eigenvalue weighted by Gasteiger charge is -2.28. The average Bonchev–Trinajstić information content (AvgIpc) is 4.01. The summed E-state index contributed by atoms with van der Waals surface area (Å²) in [6.45, 7) is 0.466. The van der Waals surface area contributed by atoms with Gasteiger partial charge in [-0.1, -0.05) is 86.8 Å². The largest absolute Gasteiger partial charge is 0.461 e. The molecule has 8 rings (SSSR count). The lowest BCUT2D eigenvalue weighted by Crippen LogP contribution is -2.41. The second-order valence-corrected chi connectivity index (χ2v) is 13.7. The van der Waals surface area contributed by atoms with Crippen molar-refractivity contribution in [3.8, 4) is 24.7 Å². The van der Waals surface area contributed by atoms with E-state index in [1.54, 1.807) is 12.1 Å². The molecule has 2 aliphatic carbocycles. The molecule has 0 aliphatic heterocycles. The maximum atomic E-state index is 13.0. The number of nitrogens with one attached hydrogen (secondary N) is 1. The Morgan fingerprint density at radius 1 is 0.712 bits per heavy atom. The SMILES string of the molecule is C#Cc1ccc(N)cc1.C#Cc1ccc(NC(=O)N(Cc2cc3ccccc3o2)C2CCCC2)cc1.c1ccc2oc(CCC3CCCC3)cc2c1. The number of fused-ring (bicyclic) bond motifs is 2. The zero-order valence-electron chi connectivity index (χ0n) is 29.7. The van der Waals surface area contributed by atoms with Crippen molar-refractivity contribution in [1.29, 1.82) is 0 Å². The van der Waals surface area contributed by atoms with Crippen molar-refractivity contribution < 1.29 is 13.6 Å². The van der Waals surface area contributed by atoms with Crippen LogP contribution in [0, 0.1) is 30.6 Å². The first kappa shape index (κ1) is 36.0. The third kappa shape index (κ3) is 9.89. The van der Waals surface area contributed by atoms with E-state index in [-0.39, 0.29) is 12.1 Å². The number of terminal acetylenes is 2. The van der Waals surface area contributed by atoms with Crippen LogP contribution in [-0.4, -0.2) is 17.0 Å². The molecule has 52 heavy (non-hydrogen) atoms. The van der Waals surface area contributed by atoms with Gasteiger partial charge in [0.15, 0.2) is 0 Å². The molecule has 2 heterocycles. The van der Waals surface area contributed by atoms with Crippen LogP contribution in [0.5, 0.6) is 0 Å². The van der Waals surface area contributed by atoms with Crippen LogP contribution < -0.4 is 11.1 Å². The normalized spacial score (nSPS) is 14.1. The number of hydrogen-bond donors (Lipinski definition) is 2. The number of furan rings is 2. The Morgan fingerprint density at radius 3 is 1.81 bits per heavy atom. The maximum Gasteiger partial charge on any atom is 0.322 e. The molecule has 2 saturated carbocycles. The Morgan fingerprint density at radius 2 is 1.23 bits per heavy atom. The second kappa shape index (κ2) is 17.9. The average molecular weight is 690 g/mol. The van der Waals surface area contributed by atoms with Crippen LogP contribution in [0.4, 0.5) is 16.2 Å². The molecule has 3 N–H and O–H groups in total. The molecule has 2 fully saturated rings. The van der Waals surface area contributed by atoms with Crippen LogP contribution in [-0.2, 0) is 13.0 Å². The van der Waals surface area contributed by atoms with E-state index in [0.29, 0.717) is 6.54 Å². The molecule has 6 heteroatoms. The van der Waals surface area contributed by atoms with Crippen molar-refractivity contribution >= 4 is 39.3 Å². The molecule has 2 aliphatic rings. The molecule has 0 atom stereocenters. The fourth-order valence-electron chi connectivity index (χ4n) is 7.10. The van der Waals surface area contributed by atoms with Crippen molar-refractivity contribution in [2.24, 2.45) is 5.92 Å². The topological polar surface area (TPSA) is 84.6 Å². The number of nitrogen functional groups attached to an aromatic ring is 1. The Bertz CT molecular complexity index is 2050. The zero-order valence-corrected chi connectivity index (χ0v) is 29.7. The fourth-order valence-corrected chi connectivity index (χ4v) is 7.10. The van der Waals surface area contributed by atoms with Crippen LogP contribution in [0.2, 0.25) is 0 Å². The number of rotatable bonds is 7. The molecule has 0 unspecified atom stereocenters. The summed E-state index contributed by atoms with van der Waals surface area (Å²) in [5.41, 5.74) is 10.4. The summed E-state index contributed by atoms with van der Waals surface area (Å²) in [5.74, 6) is 8.00. The van der Waals surface area contributed by atoms with Gasteiger partial charge in [0.25, 0.3) is 0 Å². The first-order chi connectivity index (χ1) is 25.5. The van der Waals surface area contributed by atoms with E-state index >= 15 is 0 Å². The predicted molar refractivity (Wildman–Crippen MR) is 213 cm³/mol. The molecule has 2 aromatic heterocycles. The highest BCUT2D eigenvalue weighted by Gasteiger charge is 2.28. The van der Waals surface area contributed by atoms with Crippen molar-refractivity contribution in [2.75, 3.05) is 11.1 Å². The highest BCUT2D eigenvalue weighted by molar-refractivity contribution is 5.89. The highest BCUT2D eigenvalue weighted by Crippen LogP contribution is 2.30. The van der Waals surface area contributed by atoms with E-state index < -0.39 is 0 Å². The highest BCUT2D eigenvalue weighted by atomic mass is 16.3. The van der Waals surface area contributed by atoms with Gasteiger partial charge >= 0.3 is 6.03 Å². The summed E-state index contributed by atoms with van der Waals surface area (Å²) < 4.78 is 11.8. The molecule has 2 amide bonds. The third-order valence-corrected chi connectivity index (χ3v) is 9.96. The van der Waals surface area contributed by atoms with Crippen molar-refractivity contribution in [1.82, 2.24) is 4.90 Å². The zero-order chi connectivity index (χ0) is 36.1. The smallest absolute Gasteiger partial charge is 0.322 e. The quantitative estimate of drug-likeness (QED) is 0.129. The number of nitrogens with two attached hydrogens (primary N) is 1. The van der Waals surface area contributed by atoms with Gasteiger partial charge in [0.2, 0.25) is 0 Å². The van der Waals surface area contributed by atoms with Gasteiger partial charge in [0.05, 0.1) is 6.54 Å². The van der Waals surface area contributed by atoms with E-state index in [2.05, 4.69) is 41.4 Å². The van der Waals surface area contributed by atoms with E-state index in [9.17, 15) is 4.79 Å². The monoisotopic (exact) mass is 689 g/mol. The molecule has 0 radical (unpaired) electrons. The lowest BCUT2D eigenvalue weighted by atomic mass is 10.0. The molecule has 6 aromatic rings. The van der Waals surface area contributed by atoms with Crippen LogP contribution in [0.25, 0.3) is 21.9 Å². The summed E-state index contributed by atoms with van der Waals surface area (Å²) in [6.07, 6.45) is 23.0. The number of aryl methyl sites for hydroxylation is 1. The van der Waals surface area contributed by atoms with Gasteiger partial charge in [-0.15, -0.1) is 12.8 Å². The van der Waals surface area contributed by atoms with Gasteiger partial charge < -0.3 is 24.8 Å². The number of para-hydroxylation sites is 2.